The summed E-state index contributed by atoms with van der Waals surface area (Å²) in [6, 6.07) is 9.65. The van der Waals surface area contributed by atoms with Crippen molar-refractivity contribution in [3.05, 3.63) is 52.8 Å². The molecule has 110 valence electrons. The van der Waals surface area contributed by atoms with Gasteiger partial charge in [0.05, 0.1) is 10.8 Å². The first kappa shape index (κ1) is 15.7. The fraction of sp³-hybridized carbons (Fsp3) is 0.133. The molecule has 6 heteroatoms. The second-order valence-corrected chi connectivity index (χ2v) is 5.86. The summed E-state index contributed by atoms with van der Waals surface area (Å²) in [4.78, 5) is 12.8. The smallest absolute Gasteiger partial charge is 0.234 e. The molecule has 0 radical (unpaired) electrons. The zero-order valence-electron chi connectivity index (χ0n) is 11.3. The average molecular weight is 325 g/mol. The third-order valence-electron chi connectivity index (χ3n) is 2.89. The number of hydrogen-bond acceptors (Lipinski definition) is 3. The molecule has 0 bridgehead atoms. The van der Waals surface area contributed by atoms with Crippen LogP contribution in [0.2, 0.25) is 5.02 Å². The van der Waals surface area contributed by atoms with Crippen LogP contribution in [0.25, 0.3) is 0 Å². The van der Waals surface area contributed by atoms with Crippen molar-refractivity contribution in [2.45, 2.75) is 11.8 Å². The summed E-state index contributed by atoms with van der Waals surface area (Å²) in [5, 5.41) is 2.65. The van der Waals surface area contributed by atoms with Gasteiger partial charge in [-0.1, -0.05) is 17.7 Å². The molecule has 0 aliphatic carbocycles. The van der Waals surface area contributed by atoms with Crippen molar-refractivity contribution in [2.24, 2.45) is 0 Å². The van der Waals surface area contributed by atoms with Crippen molar-refractivity contribution in [1.29, 1.82) is 0 Å². The summed E-state index contributed by atoms with van der Waals surface area (Å²) in [6.07, 6.45) is 0. The number of nitrogens with one attached hydrogen (secondary N) is 1. The molecule has 2 aromatic rings. The van der Waals surface area contributed by atoms with Crippen molar-refractivity contribution < 1.29 is 9.18 Å². The zero-order valence-corrected chi connectivity index (χ0v) is 12.9. The molecule has 3 nitrogen and oxygen atoms in total. The van der Waals surface area contributed by atoms with E-state index in [4.69, 9.17) is 17.3 Å². The van der Waals surface area contributed by atoms with Gasteiger partial charge in [0.15, 0.2) is 0 Å². The Labute approximate surface area is 131 Å². The van der Waals surface area contributed by atoms with Crippen LogP contribution in [-0.4, -0.2) is 11.7 Å². The van der Waals surface area contributed by atoms with Crippen molar-refractivity contribution in [2.75, 3.05) is 16.8 Å². The van der Waals surface area contributed by atoms with Gasteiger partial charge < -0.3 is 11.1 Å². The Morgan fingerprint density at radius 1 is 1.38 bits per heavy atom. The summed E-state index contributed by atoms with van der Waals surface area (Å²) in [6.45, 7) is 1.91. The van der Waals surface area contributed by atoms with Gasteiger partial charge in [-0.3, -0.25) is 4.79 Å². The number of amides is 1. The second kappa shape index (κ2) is 6.83. The van der Waals surface area contributed by atoms with Crippen molar-refractivity contribution in [3.63, 3.8) is 0 Å². The maximum absolute atomic E-state index is 13.0. The standard InChI is InChI=1S/C15H14ClFN2OS/c1-9-13(18)3-2-4-14(9)21-8-15(20)19-10-5-6-12(17)11(16)7-10/h2-7H,8,18H2,1H3,(H,19,20). The number of halogens is 2. The first-order chi connectivity index (χ1) is 9.97. The van der Waals surface area contributed by atoms with Crippen molar-refractivity contribution in [1.82, 2.24) is 0 Å². The monoisotopic (exact) mass is 324 g/mol. The number of thioether (sulfide) groups is 1. The van der Waals surface area contributed by atoms with E-state index in [1.807, 2.05) is 25.1 Å². The van der Waals surface area contributed by atoms with Crippen LogP contribution in [0.4, 0.5) is 15.8 Å². The molecule has 0 atom stereocenters. The van der Waals surface area contributed by atoms with E-state index < -0.39 is 5.82 Å². The van der Waals surface area contributed by atoms with Gasteiger partial charge in [0, 0.05) is 16.3 Å². The van der Waals surface area contributed by atoms with Crippen LogP contribution in [0.1, 0.15) is 5.56 Å². The van der Waals surface area contributed by atoms with Crippen LogP contribution in [0, 0.1) is 12.7 Å². The molecule has 2 aromatic carbocycles. The third kappa shape index (κ3) is 4.12. The number of nitrogens with two attached hydrogens (primary N) is 1. The molecule has 0 heterocycles. The number of carbonyl (C=O) groups excluding carboxylic acids is 1. The first-order valence-corrected chi connectivity index (χ1v) is 7.56. The number of hydrogen-bond donors (Lipinski definition) is 2. The van der Waals surface area contributed by atoms with Gasteiger partial charge in [-0.15, -0.1) is 11.8 Å². The molecule has 0 aliphatic heterocycles. The molecule has 1 amide bonds. The second-order valence-electron chi connectivity index (χ2n) is 4.44. The summed E-state index contributed by atoms with van der Waals surface area (Å²) in [5.41, 5.74) is 7.94. The molecule has 21 heavy (non-hydrogen) atoms. The topological polar surface area (TPSA) is 55.1 Å². The summed E-state index contributed by atoms with van der Waals surface area (Å²) in [7, 11) is 0. The normalized spacial score (nSPS) is 10.4. The number of benzene rings is 2. The summed E-state index contributed by atoms with van der Waals surface area (Å²) in [5.74, 6) is -0.469. The fourth-order valence-electron chi connectivity index (χ4n) is 1.70. The van der Waals surface area contributed by atoms with E-state index in [1.165, 1.54) is 30.0 Å². The van der Waals surface area contributed by atoms with Gasteiger partial charge in [0.25, 0.3) is 0 Å². The molecule has 0 saturated carbocycles. The molecule has 2 rings (SSSR count). The minimum absolute atomic E-state index is 0.0212. The Morgan fingerprint density at radius 3 is 2.86 bits per heavy atom. The minimum atomic E-state index is -0.514. The van der Waals surface area contributed by atoms with Crippen LogP contribution in [-0.2, 0) is 4.79 Å². The molecule has 0 fully saturated rings. The van der Waals surface area contributed by atoms with E-state index in [0.717, 1.165) is 10.5 Å². The predicted octanol–water partition coefficient (Wildman–Crippen LogP) is 4.10. The number of nitrogen functional groups attached to an aromatic ring is 1. The Hall–Kier alpha value is -1.72. The van der Waals surface area contributed by atoms with E-state index in [1.54, 1.807) is 0 Å². The lowest BCUT2D eigenvalue weighted by Crippen LogP contribution is -2.14. The minimum Gasteiger partial charge on any atom is -0.398 e. The maximum atomic E-state index is 13.0. The molecule has 0 aliphatic rings. The van der Waals surface area contributed by atoms with Gasteiger partial charge in [0.2, 0.25) is 5.91 Å². The molecular weight excluding hydrogens is 311 g/mol. The van der Waals surface area contributed by atoms with E-state index in [0.29, 0.717) is 11.4 Å². The number of carbonyl (C=O) groups is 1. The molecule has 0 saturated heterocycles. The number of rotatable bonds is 4. The maximum Gasteiger partial charge on any atom is 0.234 e. The lowest BCUT2D eigenvalue weighted by molar-refractivity contribution is -0.113. The van der Waals surface area contributed by atoms with Gasteiger partial charge >= 0.3 is 0 Å². The van der Waals surface area contributed by atoms with Gasteiger partial charge in [-0.2, -0.15) is 0 Å². The SMILES string of the molecule is Cc1c(N)cccc1SCC(=O)Nc1ccc(F)c(Cl)c1. The highest BCUT2D eigenvalue weighted by Gasteiger charge is 2.08. The summed E-state index contributed by atoms with van der Waals surface area (Å²) < 4.78 is 13.0. The van der Waals surface area contributed by atoms with E-state index in [9.17, 15) is 9.18 Å². The van der Waals surface area contributed by atoms with Crippen LogP contribution in [0.5, 0.6) is 0 Å². The van der Waals surface area contributed by atoms with Gasteiger partial charge in [-0.05, 0) is 42.8 Å². The largest absolute Gasteiger partial charge is 0.398 e. The fourth-order valence-corrected chi connectivity index (χ4v) is 2.75. The van der Waals surface area contributed by atoms with Crippen molar-refractivity contribution >= 4 is 40.6 Å². The lowest BCUT2D eigenvalue weighted by Gasteiger charge is -2.09. The molecule has 0 spiro atoms. The quantitative estimate of drug-likeness (QED) is 0.657. The molecule has 0 aromatic heterocycles. The first-order valence-electron chi connectivity index (χ1n) is 6.20. The van der Waals surface area contributed by atoms with Crippen LogP contribution < -0.4 is 11.1 Å². The Balaban J connectivity index is 1.96. The molecular formula is C15H14ClFN2OS. The highest BCUT2D eigenvalue weighted by molar-refractivity contribution is 8.00. The Kier molecular flexibility index (Phi) is 5.09. The molecule has 3 N–H and O–H groups in total. The van der Waals surface area contributed by atoms with Crippen LogP contribution in [0.15, 0.2) is 41.3 Å². The van der Waals surface area contributed by atoms with Crippen molar-refractivity contribution in [3.8, 4) is 0 Å². The highest BCUT2D eigenvalue weighted by atomic mass is 35.5. The highest BCUT2D eigenvalue weighted by Crippen LogP contribution is 2.26. The van der Waals surface area contributed by atoms with E-state index in [2.05, 4.69) is 5.32 Å². The van der Waals surface area contributed by atoms with Gasteiger partial charge in [-0.25, -0.2) is 4.39 Å². The lowest BCUT2D eigenvalue weighted by atomic mass is 10.2. The third-order valence-corrected chi connectivity index (χ3v) is 4.34. The van der Waals surface area contributed by atoms with Crippen LogP contribution >= 0.6 is 23.4 Å². The summed E-state index contributed by atoms with van der Waals surface area (Å²) >= 11 is 7.06. The zero-order chi connectivity index (χ0) is 15.4. The van der Waals surface area contributed by atoms with E-state index >= 15 is 0 Å². The number of anilines is 2. The Bertz CT molecular complexity index is 679. The van der Waals surface area contributed by atoms with E-state index in [-0.39, 0.29) is 16.7 Å². The molecule has 0 unspecified atom stereocenters. The van der Waals surface area contributed by atoms with Crippen LogP contribution in [0.3, 0.4) is 0 Å². The average Bonchev–Trinajstić information content (AvgIpc) is 2.44. The predicted molar refractivity (Wildman–Crippen MR) is 86.4 cm³/mol. The van der Waals surface area contributed by atoms with Gasteiger partial charge in [0.1, 0.15) is 5.82 Å². The Morgan fingerprint density at radius 2 is 2.14 bits per heavy atom.